The topological polar surface area (TPSA) is 69.0 Å². The highest BCUT2D eigenvalue weighted by molar-refractivity contribution is 14.1. The van der Waals surface area contributed by atoms with Crippen LogP contribution in [0.15, 0.2) is 83.3 Å². The third kappa shape index (κ3) is 7.15. The Morgan fingerprint density at radius 2 is 0.857 bits per heavy atom. The molecule has 0 saturated carbocycles. The number of rotatable bonds is 4. The van der Waals surface area contributed by atoms with Crippen molar-refractivity contribution in [2.75, 3.05) is 0 Å². The van der Waals surface area contributed by atoms with Crippen LogP contribution >= 0.6 is 91.6 Å². The maximum atomic E-state index is 6.16. The van der Waals surface area contributed by atoms with E-state index in [2.05, 4.69) is 114 Å². The van der Waals surface area contributed by atoms with Crippen LogP contribution < -0.4 is 0 Å². The number of hydrogen-bond donors (Lipinski definition) is 0. The molecule has 4 atom stereocenters. The Morgan fingerprint density at radius 1 is 0.548 bits per heavy atom. The van der Waals surface area contributed by atoms with Crippen LogP contribution in [0.1, 0.15) is 48.2 Å². The number of nitrogens with zero attached hydrogens (tertiary/aromatic N) is 4. The number of pyridine rings is 2. The minimum atomic E-state index is -0.0691. The van der Waals surface area contributed by atoms with Crippen LogP contribution in [0.4, 0.5) is 0 Å². The van der Waals surface area contributed by atoms with Crippen LogP contribution in [0.2, 0.25) is 20.1 Å². The van der Waals surface area contributed by atoms with Gasteiger partial charge in [-0.05, 0) is 94.4 Å². The summed E-state index contributed by atoms with van der Waals surface area (Å²) in [6.45, 7) is 3.98. The van der Waals surface area contributed by atoms with Crippen LogP contribution in [-0.2, 0) is 9.47 Å². The molecular formula is C30H22Cl4I2N4O2. The highest BCUT2D eigenvalue weighted by Gasteiger charge is 2.32. The molecule has 0 amide bonds. The van der Waals surface area contributed by atoms with E-state index in [1.54, 1.807) is 0 Å². The summed E-state index contributed by atoms with van der Waals surface area (Å²) in [5, 5.41) is 1.77. The van der Waals surface area contributed by atoms with Crippen molar-refractivity contribution in [1.29, 1.82) is 0 Å². The predicted octanol–water partition coefficient (Wildman–Crippen LogP) is 9.80. The van der Waals surface area contributed by atoms with Crippen molar-refractivity contribution in [3.8, 4) is 0 Å². The molecule has 0 unspecified atom stereocenters. The third-order valence-corrected chi connectivity index (χ3v) is 9.14. The van der Waals surface area contributed by atoms with Gasteiger partial charge >= 0.3 is 0 Å². The molecule has 216 valence electrons. The lowest BCUT2D eigenvalue weighted by Gasteiger charge is -2.13. The van der Waals surface area contributed by atoms with Gasteiger partial charge in [0.05, 0.1) is 31.2 Å². The van der Waals surface area contributed by atoms with Crippen molar-refractivity contribution in [3.05, 3.63) is 123 Å². The van der Waals surface area contributed by atoms with E-state index in [9.17, 15) is 0 Å². The summed E-state index contributed by atoms with van der Waals surface area (Å²) in [4.78, 5) is 17.2. The molecule has 2 aromatic heterocycles. The van der Waals surface area contributed by atoms with Gasteiger partial charge in [-0.25, -0.2) is 9.98 Å². The number of hydrogen-bond acceptors (Lipinski definition) is 6. The first kappa shape index (κ1) is 31.7. The first-order chi connectivity index (χ1) is 20.1. The van der Waals surface area contributed by atoms with Gasteiger partial charge in [0, 0.05) is 31.9 Å². The van der Waals surface area contributed by atoms with Gasteiger partial charge in [-0.3, -0.25) is 9.97 Å². The van der Waals surface area contributed by atoms with E-state index in [0.717, 1.165) is 11.1 Å². The van der Waals surface area contributed by atoms with Gasteiger partial charge < -0.3 is 9.47 Å². The number of ether oxygens (including phenoxy) is 2. The van der Waals surface area contributed by atoms with Gasteiger partial charge in [-0.15, -0.1) is 0 Å². The van der Waals surface area contributed by atoms with E-state index in [1.807, 2.05) is 13.8 Å². The number of benzene rings is 2. The summed E-state index contributed by atoms with van der Waals surface area (Å²) in [5.74, 6) is 0.951. The van der Waals surface area contributed by atoms with E-state index in [1.165, 1.54) is 31.9 Å². The average Bonchev–Trinajstić information content (AvgIpc) is 3.52. The maximum absolute atomic E-state index is 6.16. The maximum Gasteiger partial charge on any atom is 0.220 e. The van der Waals surface area contributed by atoms with Gasteiger partial charge in [-0.2, -0.15) is 0 Å². The summed E-state index contributed by atoms with van der Waals surface area (Å²) in [7, 11) is 0. The Morgan fingerprint density at radius 3 is 1.17 bits per heavy atom. The Bertz CT molecular complexity index is 1490. The molecular weight excluding hydrogens is 844 g/mol. The standard InChI is InChI=1S/2C15H11Cl2IN2O/c2*1-8-14(9-2-4-10(18)5-3-9)20-15(21-8)13-11(16)6-19-7-12(13)17/h2*2-8,14H,1H3/t2*8-,14+/m10/s1. The molecule has 4 heterocycles. The quantitative estimate of drug-likeness (QED) is 0.192. The fraction of sp³-hybridized carbons (Fsp3) is 0.200. The molecule has 0 aliphatic carbocycles. The Hall–Kier alpha value is -1.70. The second-order valence-electron chi connectivity index (χ2n) is 9.46. The summed E-state index contributed by atoms with van der Waals surface area (Å²) in [6, 6.07) is 16.4. The molecule has 2 aromatic carbocycles. The number of aromatic nitrogens is 2. The van der Waals surface area contributed by atoms with E-state index in [-0.39, 0.29) is 24.3 Å². The molecule has 0 radical (unpaired) electrons. The SMILES string of the molecule is C[C@@H]1OC(c2c(Cl)cncc2Cl)=N[C@H]1c1ccc(I)cc1.C[C@H]1OC(c2c(Cl)cncc2Cl)=N[C@@H]1c1ccc(I)cc1. The Balaban J connectivity index is 0.000000168. The zero-order valence-corrected chi connectivity index (χ0v) is 29.4. The zero-order valence-electron chi connectivity index (χ0n) is 22.1. The molecule has 2 aliphatic rings. The number of halogens is 6. The molecule has 0 fully saturated rings. The second-order valence-corrected chi connectivity index (χ2v) is 13.6. The molecule has 42 heavy (non-hydrogen) atoms. The molecule has 0 spiro atoms. The summed E-state index contributed by atoms with van der Waals surface area (Å²) in [5.41, 5.74) is 3.43. The predicted molar refractivity (Wildman–Crippen MR) is 186 cm³/mol. The largest absolute Gasteiger partial charge is 0.472 e. The molecule has 6 rings (SSSR count). The van der Waals surface area contributed by atoms with E-state index in [4.69, 9.17) is 55.9 Å². The summed E-state index contributed by atoms with van der Waals surface area (Å²) in [6.07, 6.45) is 6.02. The van der Waals surface area contributed by atoms with Crippen molar-refractivity contribution in [2.45, 2.75) is 38.1 Å². The fourth-order valence-electron chi connectivity index (χ4n) is 4.49. The minimum absolute atomic E-state index is 0.0581. The first-order valence-electron chi connectivity index (χ1n) is 12.7. The van der Waals surface area contributed by atoms with Crippen LogP contribution in [0.5, 0.6) is 0 Å². The lowest BCUT2D eigenvalue weighted by atomic mass is 10.0. The highest BCUT2D eigenvalue weighted by atomic mass is 127. The van der Waals surface area contributed by atoms with E-state index >= 15 is 0 Å². The molecule has 0 saturated heterocycles. The van der Waals surface area contributed by atoms with Gasteiger partial charge in [0.25, 0.3) is 0 Å². The van der Waals surface area contributed by atoms with Crippen LogP contribution in [0.25, 0.3) is 0 Å². The molecule has 4 aromatic rings. The molecule has 0 N–H and O–H groups in total. The van der Waals surface area contributed by atoms with Crippen LogP contribution in [0, 0.1) is 7.14 Å². The van der Waals surface area contributed by atoms with E-state index < -0.39 is 0 Å². The zero-order chi connectivity index (χ0) is 30.0. The minimum Gasteiger partial charge on any atom is -0.472 e. The lowest BCUT2D eigenvalue weighted by Crippen LogP contribution is -2.13. The summed E-state index contributed by atoms with van der Waals surface area (Å²) < 4.78 is 14.1. The normalized spacial score (nSPS) is 21.0. The van der Waals surface area contributed by atoms with Gasteiger partial charge in [0.1, 0.15) is 24.3 Å². The van der Waals surface area contributed by atoms with Crippen molar-refractivity contribution in [2.24, 2.45) is 9.98 Å². The first-order valence-corrected chi connectivity index (χ1v) is 16.4. The Labute approximate surface area is 291 Å². The highest BCUT2D eigenvalue weighted by Crippen LogP contribution is 2.36. The average molecular weight is 866 g/mol. The van der Waals surface area contributed by atoms with Crippen molar-refractivity contribution in [1.82, 2.24) is 9.97 Å². The molecule has 12 heteroatoms. The summed E-state index contributed by atoms with van der Waals surface area (Å²) >= 11 is 29.2. The second kappa shape index (κ2) is 13.9. The van der Waals surface area contributed by atoms with Crippen molar-refractivity contribution in [3.63, 3.8) is 0 Å². The number of aliphatic imine (C=N–C) groups is 2. The monoisotopic (exact) mass is 864 g/mol. The fourth-order valence-corrected chi connectivity index (χ4v) is 6.27. The van der Waals surface area contributed by atoms with Crippen LogP contribution in [-0.4, -0.2) is 34.0 Å². The van der Waals surface area contributed by atoms with Crippen molar-refractivity contribution >= 4 is 103 Å². The van der Waals surface area contributed by atoms with E-state index in [0.29, 0.717) is 43.0 Å². The third-order valence-electron chi connectivity index (χ3n) is 6.55. The van der Waals surface area contributed by atoms with Gasteiger partial charge in [0.2, 0.25) is 11.8 Å². The smallest absolute Gasteiger partial charge is 0.220 e. The molecule has 2 aliphatic heterocycles. The molecule has 6 nitrogen and oxygen atoms in total. The van der Waals surface area contributed by atoms with Crippen LogP contribution in [0.3, 0.4) is 0 Å². The van der Waals surface area contributed by atoms with Gasteiger partial charge in [-0.1, -0.05) is 70.7 Å². The lowest BCUT2D eigenvalue weighted by molar-refractivity contribution is 0.214. The van der Waals surface area contributed by atoms with Gasteiger partial charge in [0.15, 0.2) is 0 Å². The Kier molecular flexibility index (Phi) is 10.5. The van der Waals surface area contributed by atoms with Crippen molar-refractivity contribution < 1.29 is 9.47 Å². The molecule has 0 bridgehead atoms.